The van der Waals surface area contributed by atoms with Crippen LogP contribution in [0.4, 0.5) is 0 Å². The molecule has 6 nitrogen and oxygen atoms in total. The van der Waals surface area contributed by atoms with E-state index in [9.17, 15) is 14.9 Å². The van der Waals surface area contributed by atoms with Crippen molar-refractivity contribution in [2.45, 2.75) is 19.0 Å². The predicted molar refractivity (Wildman–Crippen MR) is 93.6 cm³/mol. The molecular formula is C17H18N4O2S. The molecule has 0 unspecified atom stereocenters. The number of carbonyl (C=O) groups excluding carboxylic acids is 1. The average Bonchev–Trinajstić information content (AvgIpc) is 2.58. The van der Waals surface area contributed by atoms with Crippen molar-refractivity contribution in [3.8, 4) is 17.3 Å². The summed E-state index contributed by atoms with van der Waals surface area (Å²) in [5, 5.41) is 12.3. The average molecular weight is 342 g/mol. The van der Waals surface area contributed by atoms with Crippen LogP contribution in [0.25, 0.3) is 11.3 Å². The van der Waals surface area contributed by atoms with E-state index in [4.69, 9.17) is 0 Å². The summed E-state index contributed by atoms with van der Waals surface area (Å²) in [4.78, 5) is 30.8. The van der Waals surface area contributed by atoms with Crippen molar-refractivity contribution >= 4 is 17.7 Å². The van der Waals surface area contributed by atoms with Crippen LogP contribution in [0.1, 0.15) is 19.4 Å². The Kier molecular flexibility index (Phi) is 6.15. The summed E-state index contributed by atoms with van der Waals surface area (Å²) in [6, 6.07) is 10.9. The van der Waals surface area contributed by atoms with Gasteiger partial charge in [-0.3, -0.25) is 9.59 Å². The second kappa shape index (κ2) is 8.31. The second-order valence-electron chi connectivity index (χ2n) is 5.56. The predicted octanol–water partition coefficient (Wildman–Crippen LogP) is 2.17. The summed E-state index contributed by atoms with van der Waals surface area (Å²) < 4.78 is 0. The van der Waals surface area contributed by atoms with E-state index in [2.05, 4.69) is 15.3 Å². The fourth-order valence-corrected chi connectivity index (χ4v) is 2.62. The molecule has 0 radical (unpaired) electrons. The molecule has 0 spiro atoms. The van der Waals surface area contributed by atoms with Gasteiger partial charge in [-0.05, 0) is 5.92 Å². The molecule has 2 aromatic rings. The Morgan fingerprint density at radius 2 is 2.08 bits per heavy atom. The second-order valence-corrected chi connectivity index (χ2v) is 6.52. The van der Waals surface area contributed by atoms with Crippen LogP contribution in [0.2, 0.25) is 0 Å². The molecule has 1 heterocycles. The summed E-state index contributed by atoms with van der Waals surface area (Å²) in [5.41, 5.74) is 0.476. The lowest BCUT2D eigenvalue weighted by molar-refractivity contribution is -0.118. The number of rotatable bonds is 6. The van der Waals surface area contributed by atoms with E-state index in [1.54, 1.807) is 12.1 Å². The Morgan fingerprint density at radius 1 is 1.38 bits per heavy atom. The van der Waals surface area contributed by atoms with E-state index in [0.29, 0.717) is 28.9 Å². The molecule has 124 valence electrons. The van der Waals surface area contributed by atoms with E-state index in [0.717, 1.165) is 11.8 Å². The van der Waals surface area contributed by atoms with Crippen LogP contribution in [0.5, 0.6) is 0 Å². The van der Waals surface area contributed by atoms with Gasteiger partial charge < -0.3 is 10.3 Å². The maximum atomic E-state index is 12.1. The highest BCUT2D eigenvalue weighted by Gasteiger charge is 2.14. The standard InChI is InChI=1S/C17H18N4O2S/c1-11(2)9-19-14(22)10-24-17-20-15(12-6-4-3-5-7-12)13(8-18)16(23)21-17/h3-7,11H,9-10H2,1-2H3,(H,19,22)(H,20,21,23). The van der Waals surface area contributed by atoms with Crippen LogP contribution in [0.3, 0.4) is 0 Å². The molecule has 0 saturated carbocycles. The molecule has 7 heteroatoms. The molecule has 1 amide bonds. The van der Waals surface area contributed by atoms with Gasteiger partial charge in [0.25, 0.3) is 5.56 Å². The topological polar surface area (TPSA) is 98.6 Å². The zero-order valence-corrected chi connectivity index (χ0v) is 14.3. The minimum atomic E-state index is -0.503. The first-order chi connectivity index (χ1) is 11.5. The number of hydrogen-bond donors (Lipinski definition) is 2. The van der Waals surface area contributed by atoms with Gasteiger partial charge in [0.05, 0.1) is 11.4 Å². The number of amides is 1. The zero-order valence-electron chi connectivity index (χ0n) is 13.5. The summed E-state index contributed by atoms with van der Waals surface area (Å²) in [5.74, 6) is 0.397. The first kappa shape index (κ1) is 17.8. The first-order valence-electron chi connectivity index (χ1n) is 7.50. The van der Waals surface area contributed by atoms with Gasteiger partial charge >= 0.3 is 0 Å². The lowest BCUT2D eigenvalue weighted by atomic mass is 10.1. The molecule has 0 aliphatic heterocycles. The van der Waals surface area contributed by atoms with Crippen molar-refractivity contribution in [3.63, 3.8) is 0 Å². The van der Waals surface area contributed by atoms with Crippen molar-refractivity contribution in [3.05, 3.63) is 46.2 Å². The van der Waals surface area contributed by atoms with E-state index >= 15 is 0 Å². The normalized spacial score (nSPS) is 10.4. The van der Waals surface area contributed by atoms with Gasteiger partial charge in [0.2, 0.25) is 5.91 Å². The molecule has 1 aromatic heterocycles. The number of carbonyl (C=O) groups is 1. The van der Waals surface area contributed by atoms with Crippen LogP contribution >= 0.6 is 11.8 Å². The van der Waals surface area contributed by atoms with E-state index in [1.165, 1.54) is 0 Å². The molecule has 0 atom stereocenters. The van der Waals surface area contributed by atoms with Gasteiger partial charge in [-0.15, -0.1) is 0 Å². The van der Waals surface area contributed by atoms with Crippen LogP contribution < -0.4 is 10.9 Å². The van der Waals surface area contributed by atoms with E-state index in [-0.39, 0.29) is 17.2 Å². The minimum Gasteiger partial charge on any atom is -0.355 e. The van der Waals surface area contributed by atoms with Gasteiger partial charge in [-0.25, -0.2) is 4.98 Å². The highest BCUT2D eigenvalue weighted by atomic mass is 32.2. The number of H-pyrrole nitrogens is 1. The third-order valence-electron chi connectivity index (χ3n) is 3.10. The quantitative estimate of drug-likeness (QED) is 0.619. The monoisotopic (exact) mass is 342 g/mol. The molecular weight excluding hydrogens is 324 g/mol. The number of aromatic nitrogens is 2. The Bertz CT molecular complexity index is 810. The minimum absolute atomic E-state index is 0.0326. The fraction of sp³-hybridized carbons (Fsp3) is 0.294. The molecule has 0 bridgehead atoms. The highest BCUT2D eigenvalue weighted by molar-refractivity contribution is 7.99. The van der Waals surface area contributed by atoms with E-state index < -0.39 is 5.56 Å². The number of nitrogens with one attached hydrogen (secondary N) is 2. The number of nitriles is 1. The largest absolute Gasteiger partial charge is 0.355 e. The lowest BCUT2D eigenvalue weighted by Gasteiger charge is -2.08. The van der Waals surface area contributed by atoms with Crippen molar-refractivity contribution in [1.82, 2.24) is 15.3 Å². The first-order valence-corrected chi connectivity index (χ1v) is 8.49. The molecule has 0 saturated heterocycles. The summed E-state index contributed by atoms with van der Waals surface area (Å²) >= 11 is 1.13. The number of thioether (sulfide) groups is 1. The molecule has 1 aromatic carbocycles. The van der Waals surface area contributed by atoms with Crippen LogP contribution in [-0.4, -0.2) is 28.2 Å². The fourth-order valence-electron chi connectivity index (χ4n) is 1.93. The number of aromatic amines is 1. The molecule has 24 heavy (non-hydrogen) atoms. The SMILES string of the molecule is CC(C)CNC(=O)CSc1nc(-c2ccccc2)c(C#N)c(=O)[nH]1. The zero-order chi connectivity index (χ0) is 17.5. The van der Waals surface area contributed by atoms with Gasteiger partial charge in [-0.2, -0.15) is 5.26 Å². The highest BCUT2D eigenvalue weighted by Crippen LogP contribution is 2.21. The van der Waals surface area contributed by atoms with Crippen LogP contribution in [0, 0.1) is 17.2 Å². The molecule has 2 N–H and O–H groups in total. The van der Waals surface area contributed by atoms with Crippen molar-refractivity contribution in [2.75, 3.05) is 12.3 Å². The summed E-state index contributed by atoms with van der Waals surface area (Å²) in [6.45, 7) is 4.63. The maximum Gasteiger partial charge on any atom is 0.270 e. The smallest absolute Gasteiger partial charge is 0.270 e. The van der Waals surface area contributed by atoms with Gasteiger partial charge in [0.15, 0.2) is 5.16 Å². The Hall–Kier alpha value is -2.59. The third-order valence-corrected chi connectivity index (χ3v) is 3.98. The van der Waals surface area contributed by atoms with Crippen molar-refractivity contribution in [1.29, 1.82) is 5.26 Å². The van der Waals surface area contributed by atoms with E-state index in [1.807, 2.05) is 38.1 Å². The molecule has 0 aliphatic rings. The number of hydrogen-bond acceptors (Lipinski definition) is 5. The van der Waals surface area contributed by atoms with Gasteiger partial charge in [0, 0.05) is 12.1 Å². The van der Waals surface area contributed by atoms with Crippen LogP contribution in [0.15, 0.2) is 40.3 Å². The number of nitrogens with zero attached hydrogens (tertiary/aromatic N) is 2. The Morgan fingerprint density at radius 3 is 2.71 bits per heavy atom. The summed E-state index contributed by atoms with van der Waals surface area (Å²) in [6.07, 6.45) is 0. The maximum absolute atomic E-state index is 12.1. The van der Waals surface area contributed by atoms with Crippen molar-refractivity contribution < 1.29 is 4.79 Å². The lowest BCUT2D eigenvalue weighted by Crippen LogP contribution is -2.29. The van der Waals surface area contributed by atoms with Gasteiger partial charge in [-0.1, -0.05) is 55.9 Å². The molecule has 0 aliphatic carbocycles. The van der Waals surface area contributed by atoms with Crippen LogP contribution in [-0.2, 0) is 4.79 Å². The Labute approximate surface area is 144 Å². The summed E-state index contributed by atoms with van der Waals surface area (Å²) in [7, 11) is 0. The third kappa shape index (κ3) is 4.70. The molecule has 2 rings (SSSR count). The molecule has 0 fully saturated rings. The van der Waals surface area contributed by atoms with Gasteiger partial charge in [0.1, 0.15) is 11.6 Å². The Balaban J connectivity index is 2.21. The van der Waals surface area contributed by atoms with Crippen molar-refractivity contribution in [2.24, 2.45) is 5.92 Å². The number of benzene rings is 1.